The van der Waals surface area contributed by atoms with Crippen LogP contribution in [0.4, 0.5) is 0 Å². The van der Waals surface area contributed by atoms with E-state index in [2.05, 4.69) is 0 Å². The van der Waals surface area contributed by atoms with Gasteiger partial charge in [0.15, 0.2) is 0 Å². The molecule has 0 saturated heterocycles. The van der Waals surface area contributed by atoms with E-state index in [0.29, 0.717) is 5.82 Å². The van der Waals surface area contributed by atoms with E-state index in [1.807, 2.05) is 0 Å². The highest BCUT2D eigenvalue weighted by atomic mass is 14.5. The zero-order valence-corrected chi connectivity index (χ0v) is 9.12. The molecule has 0 N–H and O–H groups in total. The van der Waals surface area contributed by atoms with Gasteiger partial charge in [-0.05, 0) is 36.5 Å². The van der Waals surface area contributed by atoms with Gasteiger partial charge in [-0.3, -0.25) is 0 Å². The Morgan fingerprint density at radius 2 is 0.929 bits per heavy atom. The van der Waals surface area contributed by atoms with Crippen LogP contribution >= 0.6 is 0 Å². The topological polar surface area (TPSA) is 0 Å². The summed E-state index contributed by atoms with van der Waals surface area (Å²) in [6.07, 6.45) is 11.8. The van der Waals surface area contributed by atoms with E-state index in [0.717, 1.165) is 23.7 Å². The van der Waals surface area contributed by atoms with Crippen LogP contribution in [0, 0.1) is 23.7 Å². The van der Waals surface area contributed by atoms with Crippen LogP contribution in [0.25, 0.3) is 0 Å². The molecule has 3 fully saturated rings. The van der Waals surface area contributed by atoms with Gasteiger partial charge < -0.3 is 0 Å². The zero-order chi connectivity index (χ0) is 9.54. The predicted molar refractivity (Wildman–Crippen MR) is 60.4 cm³/mol. The summed E-state index contributed by atoms with van der Waals surface area (Å²) in [6.45, 7) is 0. The van der Waals surface area contributed by atoms with Crippen molar-refractivity contribution in [1.82, 2.24) is 0 Å². The summed E-state index contributed by atoms with van der Waals surface area (Å²) in [5.41, 5.74) is 0. The first kappa shape index (κ1) is 9.30. The van der Waals surface area contributed by atoms with Gasteiger partial charge >= 0.3 is 0 Å². The molecule has 0 nitrogen and oxygen atoms in total. The van der Waals surface area contributed by atoms with Gasteiger partial charge in [-0.2, -0.15) is 0 Å². The fourth-order valence-electron chi connectivity index (χ4n) is 4.71. The summed E-state index contributed by atoms with van der Waals surface area (Å²) >= 11 is 0. The van der Waals surface area contributed by atoms with E-state index in [1.54, 1.807) is 0 Å². The number of fused-ring (bicyclic) bond motifs is 3. The second kappa shape index (κ2) is 3.57. The van der Waals surface area contributed by atoms with Gasteiger partial charge in [-0.15, -0.1) is 0 Å². The quantitative estimate of drug-likeness (QED) is 0.510. The minimum absolute atomic E-state index is 0.575. The summed E-state index contributed by atoms with van der Waals surface area (Å²) in [7, 11) is 6.44. The molecule has 4 unspecified atom stereocenters. The Bertz CT molecular complexity index is 191. The minimum Gasteiger partial charge on any atom is -0.0713 e. The van der Waals surface area contributed by atoms with Gasteiger partial charge in [-0.25, -0.2) is 0 Å². The molecule has 2 radical (unpaired) electrons. The average Bonchev–Trinajstić information content (AvgIpc) is 2.55. The fraction of sp³-hybridized carbons (Fsp3) is 1.00. The molecule has 0 aliphatic heterocycles. The second-order valence-corrected chi connectivity index (χ2v) is 5.80. The van der Waals surface area contributed by atoms with Crippen molar-refractivity contribution in [2.24, 2.45) is 23.7 Å². The number of rotatable bonds is 0. The van der Waals surface area contributed by atoms with Crippen molar-refractivity contribution in [2.75, 3.05) is 0 Å². The van der Waals surface area contributed by atoms with Crippen molar-refractivity contribution in [2.45, 2.75) is 57.2 Å². The molecule has 1 heteroatoms. The maximum Gasteiger partial charge on any atom is 0.0707 e. The highest BCUT2D eigenvalue weighted by Crippen LogP contribution is 2.58. The number of hydrogen-bond acceptors (Lipinski definition) is 0. The summed E-state index contributed by atoms with van der Waals surface area (Å²) < 4.78 is 0. The molecule has 0 aromatic heterocycles. The third-order valence-electron chi connectivity index (χ3n) is 5.29. The van der Waals surface area contributed by atoms with Crippen LogP contribution in [-0.4, -0.2) is 7.85 Å². The molecule has 0 bridgehead atoms. The average molecular weight is 188 g/mol. The maximum absolute atomic E-state index is 6.44. The van der Waals surface area contributed by atoms with Crippen LogP contribution in [0.15, 0.2) is 0 Å². The molecule has 4 atom stereocenters. The SMILES string of the molecule is [B]C1C2CCCCC2C2CCCCC12. The molecule has 3 aliphatic carbocycles. The van der Waals surface area contributed by atoms with E-state index in [1.165, 1.54) is 51.4 Å². The molecule has 3 saturated carbocycles. The molecule has 76 valence electrons. The lowest BCUT2D eigenvalue weighted by Gasteiger charge is -2.32. The first-order valence-electron chi connectivity index (χ1n) is 6.63. The Morgan fingerprint density at radius 1 is 0.571 bits per heavy atom. The van der Waals surface area contributed by atoms with Gasteiger partial charge in [0, 0.05) is 0 Å². The van der Waals surface area contributed by atoms with E-state index in [-0.39, 0.29) is 0 Å². The van der Waals surface area contributed by atoms with E-state index in [9.17, 15) is 0 Å². The number of hydrogen-bond donors (Lipinski definition) is 0. The standard InChI is InChI=1S/C13H21B/c14-13-11-7-3-1-5-9(11)10-6-2-4-8-12(10)13/h9-13H,1-8H2. The molecule has 3 rings (SSSR count). The third kappa shape index (κ3) is 1.27. The van der Waals surface area contributed by atoms with Crippen molar-refractivity contribution in [3.8, 4) is 0 Å². The van der Waals surface area contributed by atoms with E-state index in [4.69, 9.17) is 7.85 Å². The second-order valence-electron chi connectivity index (χ2n) is 5.80. The molecule has 0 amide bonds. The van der Waals surface area contributed by atoms with Gasteiger partial charge in [-0.1, -0.05) is 44.3 Å². The molecule has 0 heterocycles. The van der Waals surface area contributed by atoms with Gasteiger partial charge in [0.2, 0.25) is 0 Å². The Morgan fingerprint density at radius 3 is 1.36 bits per heavy atom. The Labute approximate surface area is 89.3 Å². The van der Waals surface area contributed by atoms with Crippen LogP contribution in [-0.2, 0) is 0 Å². The van der Waals surface area contributed by atoms with Crippen molar-refractivity contribution >= 4 is 7.85 Å². The normalized spacial score (nSPS) is 52.4. The minimum atomic E-state index is 0.575. The van der Waals surface area contributed by atoms with Crippen LogP contribution in [0.2, 0.25) is 5.82 Å². The highest BCUT2D eigenvalue weighted by molar-refractivity contribution is 6.12. The maximum atomic E-state index is 6.44. The first-order valence-corrected chi connectivity index (χ1v) is 6.63. The van der Waals surface area contributed by atoms with Gasteiger partial charge in [0.05, 0.1) is 7.85 Å². The van der Waals surface area contributed by atoms with Crippen molar-refractivity contribution < 1.29 is 0 Å². The summed E-state index contributed by atoms with van der Waals surface area (Å²) in [6, 6.07) is 0. The lowest BCUT2D eigenvalue weighted by Crippen LogP contribution is -2.22. The monoisotopic (exact) mass is 188 g/mol. The molecule has 14 heavy (non-hydrogen) atoms. The molecular formula is C13H21B. The van der Waals surface area contributed by atoms with Gasteiger partial charge in [0.25, 0.3) is 0 Å². The highest BCUT2D eigenvalue weighted by Gasteiger charge is 2.48. The lowest BCUT2D eigenvalue weighted by molar-refractivity contribution is 0.184. The third-order valence-corrected chi connectivity index (χ3v) is 5.29. The zero-order valence-electron chi connectivity index (χ0n) is 9.12. The predicted octanol–water partition coefficient (Wildman–Crippen LogP) is 3.57. The fourth-order valence-corrected chi connectivity index (χ4v) is 4.71. The largest absolute Gasteiger partial charge is 0.0713 e. The molecular weight excluding hydrogens is 167 g/mol. The molecule has 0 aromatic rings. The van der Waals surface area contributed by atoms with Crippen LogP contribution in [0.3, 0.4) is 0 Å². The van der Waals surface area contributed by atoms with Crippen molar-refractivity contribution in [3.63, 3.8) is 0 Å². The summed E-state index contributed by atoms with van der Waals surface area (Å²) in [4.78, 5) is 0. The molecule has 3 aliphatic rings. The van der Waals surface area contributed by atoms with Crippen LogP contribution in [0.1, 0.15) is 51.4 Å². The van der Waals surface area contributed by atoms with Crippen molar-refractivity contribution in [3.05, 3.63) is 0 Å². The summed E-state index contributed by atoms with van der Waals surface area (Å²) in [5, 5.41) is 0. The Balaban J connectivity index is 1.83. The smallest absolute Gasteiger partial charge is 0.0707 e. The van der Waals surface area contributed by atoms with Crippen LogP contribution in [0.5, 0.6) is 0 Å². The van der Waals surface area contributed by atoms with Crippen LogP contribution < -0.4 is 0 Å². The summed E-state index contributed by atoms with van der Waals surface area (Å²) in [5.74, 6) is 4.47. The lowest BCUT2D eigenvalue weighted by atomic mass is 9.67. The van der Waals surface area contributed by atoms with Gasteiger partial charge in [0.1, 0.15) is 0 Å². The first-order chi connectivity index (χ1) is 6.88. The van der Waals surface area contributed by atoms with E-state index >= 15 is 0 Å². The molecule has 0 aromatic carbocycles. The van der Waals surface area contributed by atoms with Crippen molar-refractivity contribution in [1.29, 1.82) is 0 Å². The Kier molecular flexibility index (Phi) is 2.38. The Hall–Kier alpha value is 0.0649. The molecule has 0 spiro atoms. The van der Waals surface area contributed by atoms with E-state index < -0.39 is 0 Å².